The summed E-state index contributed by atoms with van der Waals surface area (Å²) < 4.78 is 0. The highest BCUT2D eigenvalue weighted by Crippen LogP contribution is 2.53. The third-order valence-corrected chi connectivity index (χ3v) is 4.00. The summed E-state index contributed by atoms with van der Waals surface area (Å²) in [6, 6.07) is 0. The van der Waals surface area contributed by atoms with Gasteiger partial charge < -0.3 is 0 Å². The second kappa shape index (κ2) is 4.34. The molecule has 0 aromatic carbocycles. The van der Waals surface area contributed by atoms with E-state index in [9.17, 15) is 4.79 Å². The molecule has 0 spiro atoms. The van der Waals surface area contributed by atoms with Crippen LogP contribution < -0.4 is 0 Å². The third kappa shape index (κ3) is 2.58. The van der Waals surface area contributed by atoms with Gasteiger partial charge in [0.15, 0.2) is 5.78 Å². The van der Waals surface area contributed by atoms with Crippen LogP contribution in [0.25, 0.3) is 0 Å². The first-order valence-corrected chi connectivity index (χ1v) is 5.71. The zero-order valence-corrected chi connectivity index (χ0v) is 10.5. The van der Waals surface area contributed by atoms with Crippen LogP contribution in [0.15, 0.2) is 23.8 Å². The average molecular weight is 206 g/mol. The Morgan fingerprint density at radius 1 is 1.33 bits per heavy atom. The molecule has 0 heterocycles. The van der Waals surface area contributed by atoms with Gasteiger partial charge in [0.2, 0.25) is 0 Å². The first-order chi connectivity index (χ1) is 6.85. The van der Waals surface area contributed by atoms with Gasteiger partial charge in [-0.1, -0.05) is 38.5 Å². The highest BCUT2D eigenvalue weighted by molar-refractivity contribution is 5.87. The quantitative estimate of drug-likeness (QED) is 0.507. The van der Waals surface area contributed by atoms with Crippen LogP contribution in [0.5, 0.6) is 0 Å². The summed E-state index contributed by atoms with van der Waals surface area (Å²) in [5.74, 6) is 1.60. The van der Waals surface area contributed by atoms with E-state index in [2.05, 4.69) is 33.8 Å². The van der Waals surface area contributed by atoms with Crippen molar-refractivity contribution >= 4 is 5.78 Å². The first-order valence-electron chi connectivity index (χ1n) is 5.71. The van der Waals surface area contributed by atoms with Crippen LogP contribution >= 0.6 is 0 Å². The Kier molecular flexibility index (Phi) is 3.54. The summed E-state index contributed by atoms with van der Waals surface area (Å²) in [6.07, 6.45) is 6.86. The number of hydrogen-bond acceptors (Lipinski definition) is 1. The molecule has 1 aliphatic rings. The van der Waals surface area contributed by atoms with Crippen molar-refractivity contribution in [2.45, 2.75) is 41.0 Å². The molecule has 1 heteroatoms. The Labute approximate surface area is 93.3 Å². The van der Waals surface area contributed by atoms with E-state index in [1.165, 1.54) is 12.0 Å². The van der Waals surface area contributed by atoms with Crippen molar-refractivity contribution < 1.29 is 4.79 Å². The van der Waals surface area contributed by atoms with Gasteiger partial charge in [-0.15, -0.1) is 0 Å². The normalized spacial score (nSPS) is 30.3. The lowest BCUT2D eigenvalue weighted by molar-refractivity contribution is -0.112. The predicted octanol–water partition coefficient (Wildman–Crippen LogP) is 3.76. The number of carbonyl (C=O) groups is 1. The topological polar surface area (TPSA) is 17.1 Å². The van der Waals surface area contributed by atoms with Crippen LogP contribution in [0.3, 0.4) is 0 Å². The monoisotopic (exact) mass is 206 g/mol. The van der Waals surface area contributed by atoms with Crippen molar-refractivity contribution in [3.8, 4) is 0 Å². The van der Waals surface area contributed by atoms with E-state index in [1.807, 2.05) is 6.08 Å². The van der Waals surface area contributed by atoms with Crippen molar-refractivity contribution in [1.82, 2.24) is 0 Å². The van der Waals surface area contributed by atoms with Gasteiger partial charge in [0.1, 0.15) is 0 Å². The fraction of sp³-hybridized carbons (Fsp3) is 0.643. The summed E-state index contributed by atoms with van der Waals surface area (Å²) in [5.41, 5.74) is 1.82. The fourth-order valence-corrected chi connectivity index (χ4v) is 2.37. The largest absolute Gasteiger partial charge is 0.295 e. The van der Waals surface area contributed by atoms with Crippen LogP contribution in [0.2, 0.25) is 0 Å². The van der Waals surface area contributed by atoms with Gasteiger partial charge in [-0.2, -0.15) is 0 Å². The summed E-state index contributed by atoms with van der Waals surface area (Å²) in [5, 5.41) is 0. The average Bonchev–Trinajstić information content (AvgIpc) is 2.13. The molecule has 0 saturated heterocycles. The van der Waals surface area contributed by atoms with Crippen LogP contribution in [0, 0.1) is 17.3 Å². The molecule has 1 saturated carbocycles. The molecule has 1 aliphatic carbocycles. The molecule has 0 aromatic rings. The number of ketones is 1. The fourth-order valence-electron chi connectivity index (χ4n) is 2.37. The molecular weight excluding hydrogens is 184 g/mol. The summed E-state index contributed by atoms with van der Waals surface area (Å²) >= 11 is 0. The molecule has 0 bridgehead atoms. The zero-order chi connectivity index (χ0) is 11.6. The lowest BCUT2D eigenvalue weighted by atomic mass is 9.53. The van der Waals surface area contributed by atoms with Gasteiger partial charge in [0, 0.05) is 0 Å². The maximum Gasteiger partial charge on any atom is 0.152 e. The minimum atomic E-state index is 0.111. The molecule has 0 aliphatic heterocycles. The molecular formula is C14H22O. The van der Waals surface area contributed by atoms with Crippen LogP contribution in [-0.2, 0) is 4.79 Å². The standard InChI is InChI=1S/C14H22O/c1-10(7-6-8-12(3)15)13-9-11(2)14(13,4)5/h6-8,11,13H,9H2,1-5H3. The zero-order valence-electron chi connectivity index (χ0n) is 10.5. The van der Waals surface area contributed by atoms with Crippen molar-refractivity contribution in [2.75, 3.05) is 0 Å². The van der Waals surface area contributed by atoms with Crippen molar-refractivity contribution in [2.24, 2.45) is 17.3 Å². The smallest absolute Gasteiger partial charge is 0.152 e. The molecule has 0 amide bonds. The molecule has 84 valence electrons. The summed E-state index contributed by atoms with van der Waals surface area (Å²) in [4.78, 5) is 10.7. The van der Waals surface area contributed by atoms with E-state index in [-0.39, 0.29) is 5.78 Å². The Balaban J connectivity index is 2.63. The summed E-state index contributed by atoms with van der Waals surface area (Å²) in [6.45, 7) is 10.7. The minimum Gasteiger partial charge on any atom is -0.295 e. The molecule has 1 fully saturated rings. The lowest BCUT2D eigenvalue weighted by Gasteiger charge is -2.51. The maximum absolute atomic E-state index is 10.7. The molecule has 0 radical (unpaired) electrons. The third-order valence-electron chi connectivity index (χ3n) is 4.00. The number of carbonyl (C=O) groups excluding carboxylic acids is 1. The highest BCUT2D eigenvalue weighted by atomic mass is 16.1. The summed E-state index contributed by atoms with van der Waals surface area (Å²) in [7, 11) is 0. The van der Waals surface area contributed by atoms with E-state index in [4.69, 9.17) is 0 Å². The lowest BCUT2D eigenvalue weighted by Crippen LogP contribution is -2.43. The van der Waals surface area contributed by atoms with E-state index in [1.54, 1.807) is 13.0 Å². The molecule has 15 heavy (non-hydrogen) atoms. The van der Waals surface area contributed by atoms with Crippen LogP contribution in [-0.4, -0.2) is 5.78 Å². The molecule has 0 N–H and O–H groups in total. The van der Waals surface area contributed by atoms with E-state index < -0.39 is 0 Å². The van der Waals surface area contributed by atoms with Gasteiger partial charge >= 0.3 is 0 Å². The highest BCUT2D eigenvalue weighted by Gasteiger charge is 2.45. The van der Waals surface area contributed by atoms with Gasteiger partial charge in [0.05, 0.1) is 0 Å². The Morgan fingerprint density at radius 2 is 1.93 bits per heavy atom. The van der Waals surface area contributed by atoms with Gasteiger partial charge in [-0.05, 0) is 43.6 Å². The van der Waals surface area contributed by atoms with E-state index >= 15 is 0 Å². The molecule has 2 unspecified atom stereocenters. The van der Waals surface area contributed by atoms with Crippen LogP contribution in [0.4, 0.5) is 0 Å². The Hall–Kier alpha value is -0.850. The Morgan fingerprint density at radius 3 is 2.33 bits per heavy atom. The van der Waals surface area contributed by atoms with Gasteiger partial charge in [-0.25, -0.2) is 0 Å². The van der Waals surface area contributed by atoms with Gasteiger partial charge in [-0.3, -0.25) is 4.79 Å². The van der Waals surface area contributed by atoms with Gasteiger partial charge in [0.25, 0.3) is 0 Å². The van der Waals surface area contributed by atoms with E-state index in [0.717, 1.165) is 5.92 Å². The number of allylic oxidation sites excluding steroid dienone is 4. The minimum absolute atomic E-state index is 0.111. The number of hydrogen-bond donors (Lipinski definition) is 0. The Bertz CT molecular complexity index is 307. The molecule has 1 nitrogen and oxygen atoms in total. The second-order valence-corrected chi connectivity index (χ2v) is 5.39. The molecule has 2 atom stereocenters. The van der Waals surface area contributed by atoms with Crippen molar-refractivity contribution in [3.63, 3.8) is 0 Å². The number of rotatable bonds is 3. The van der Waals surface area contributed by atoms with Crippen LogP contribution in [0.1, 0.15) is 41.0 Å². The second-order valence-electron chi connectivity index (χ2n) is 5.39. The predicted molar refractivity (Wildman–Crippen MR) is 64.6 cm³/mol. The SMILES string of the molecule is CC(=O)C=CC=C(C)C1CC(C)C1(C)C. The molecule has 0 aromatic heterocycles. The first kappa shape index (κ1) is 12.2. The van der Waals surface area contributed by atoms with Crippen molar-refractivity contribution in [3.05, 3.63) is 23.8 Å². The maximum atomic E-state index is 10.7. The molecule has 1 rings (SSSR count). The van der Waals surface area contributed by atoms with Crippen molar-refractivity contribution in [1.29, 1.82) is 0 Å². The van der Waals surface area contributed by atoms with E-state index in [0.29, 0.717) is 11.3 Å².